The predicted octanol–water partition coefficient (Wildman–Crippen LogP) is 5.86. The monoisotopic (exact) mass is 551 g/mol. The van der Waals surface area contributed by atoms with Gasteiger partial charge in [0.05, 0.1) is 29.4 Å². The molecule has 210 valence electrons. The summed E-state index contributed by atoms with van der Waals surface area (Å²) in [5, 5.41) is 0.348. The summed E-state index contributed by atoms with van der Waals surface area (Å²) in [6.07, 6.45) is -2.47. The molecule has 1 aromatic rings. The van der Waals surface area contributed by atoms with Crippen molar-refractivity contribution in [3.63, 3.8) is 0 Å². The quantitative estimate of drug-likeness (QED) is 0.124. The van der Waals surface area contributed by atoms with Crippen molar-refractivity contribution in [2.24, 2.45) is 4.91 Å². The fourth-order valence-electron chi connectivity index (χ4n) is 3.37. The maximum absolute atomic E-state index is 6.47. The van der Waals surface area contributed by atoms with Gasteiger partial charge in [-0.15, -0.1) is 4.67 Å². The molecule has 2 N–H and O–H groups in total. The Morgan fingerprint density at radius 3 is 1.69 bits per heavy atom. The number of hydrogen-bond donors (Lipinski definition) is 1. The lowest BCUT2D eigenvalue weighted by atomic mass is 10.3. The van der Waals surface area contributed by atoms with Crippen LogP contribution in [0, 0.1) is 0 Å². The highest BCUT2D eigenvalue weighted by Gasteiger charge is 2.54. The molecule has 0 fully saturated rings. The van der Waals surface area contributed by atoms with Crippen LogP contribution in [0.5, 0.6) is 5.75 Å². The Balaban J connectivity index is 3.97. The number of anilines is 1. The molecule has 0 unspecified atom stereocenters. The number of benzene rings is 1. The first kappa shape index (κ1) is 33.1. The van der Waals surface area contributed by atoms with Gasteiger partial charge in [0.25, 0.3) is 0 Å². The molecule has 0 atom stereocenters. The predicted molar refractivity (Wildman–Crippen MR) is 148 cm³/mol. The molecule has 0 saturated heterocycles. The Morgan fingerprint density at radius 1 is 0.861 bits per heavy atom. The van der Waals surface area contributed by atoms with Crippen molar-refractivity contribution >= 4 is 24.8 Å². The van der Waals surface area contributed by atoms with Gasteiger partial charge in [-0.05, 0) is 102 Å². The van der Waals surface area contributed by atoms with Crippen LogP contribution in [0.25, 0.3) is 0 Å². The van der Waals surface area contributed by atoms with E-state index in [0.717, 1.165) is 0 Å². The highest BCUT2D eigenvalue weighted by Crippen LogP contribution is 2.60. The van der Waals surface area contributed by atoms with Crippen molar-refractivity contribution in [3.8, 4) is 5.75 Å². The topological polar surface area (TPSA) is 94.2 Å². The number of nitrogens with two attached hydrogens (primary N) is 1. The first-order valence-electron chi connectivity index (χ1n) is 12.2. The number of rotatable bonds is 15. The van der Waals surface area contributed by atoms with Crippen LogP contribution < -0.4 is 10.6 Å². The van der Waals surface area contributed by atoms with E-state index in [-0.39, 0.29) is 31.1 Å². The van der Waals surface area contributed by atoms with Crippen LogP contribution in [-0.4, -0.2) is 79.4 Å². The van der Waals surface area contributed by atoms with Crippen LogP contribution in [0.3, 0.4) is 0 Å². The molecule has 36 heavy (non-hydrogen) atoms. The summed E-state index contributed by atoms with van der Waals surface area (Å²) in [7, 11) is 4.68. The summed E-state index contributed by atoms with van der Waals surface area (Å²) < 4.78 is 31.4. The van der Waals surface area contributed by atoms with Gasteiger partial charge < -0.3 is 29.5 Å². The lowest BCUT2D eigenvalue weighted by Gasteiger charge is -2.51. The molecule has 0 amide bonds. The minimum Gasteiger partial charge on any atom is -0.399 e. The Labute approximate surface area is 223 Å². The highest BCUT2D eigenvalue weighted by molar-refractivity contribution is 7.59. The second-order valence-electron chi connectivity index (χ2n) is 9.86. The molecule has 0 aliphatic carbocycles. The van der Waals surface area contributed by atoms with Crippen molar-refractivity contribution in [1.29, 1.82) is 0 Å². The smallest absolute Gasteiger partial charge is 0.362 e. The van der Waals surface area contributed by atoms with Gasteiger partial charge in [-0.3, -0.25) is 0 Å². The van der Waals surface area contributed by atoms with Crippen LogP contribution in [0.2, 0.25) is 5.02 Å². The van der Waals surface area contributed by atoms with Crippen molar-refractivity contribution in [2.75, 3.05) is 40.7 Å². The third kappa shape index (κ3) is 8.82. The molecule has 0 bridgehead atoms. The van der Waals surface area contributed by atoms with Gasteiger partial charge in [0.15, 0.2) is 5.75 Å². The molecule has 1 aromatic carbocycles. The van der Waals surface area contributed by atoms with E-state index in [1.807, 2.05) is 97.6 Å². The van der Waals surface area contributed by atoms with Gasteiger partial charge in [0.2, 0.25) is 7.51 Å². The summed E-state index contributed by atoms with van der Waals surface area (Å²) in [5.41, 5.74) is 6.39. The summed E-state index contributed by atoms with van der Waals surface area (Å²) in [4.78, 5) is 10.8. The van der Waals surface area contributed by atoms with E-state index < -0.39 is 13.6 Å². The summed E-state index contributed by atoms with van der Waals surface area (Å²) in [6.45, 7) is 15.6. The molecular formula is C24H47ClN5O5P. The molecule has 0 saturated carbocycles. The molecule has 1 rings (SSSR count). The Hall–Kier alpha value is -0.940. The van der Waals surface area contributed by atoms with E-state index in [2.05, 4.69) is 0 Å². The van der Waals surface area contributed by atoms with Gasteiger partial charge in [0, 0.05) is 5.69 Å². The zero-order valence-corrected chi connectivity index (χ0v) is 25.6. The van der Waals surface area contributed by atoms with Gasteiger partial charge in [-0.1, -0.05) is 16.5 Å². The second-order valence-corrected chi connectivity index (χ2v) is 13.6. The average Bonchev–Trinajstić information content (AvgIpc) is 2.68. The van der Waals surface area contributed by atoms with E-state index >= 15 is 0 Å². The fourth-order valence-corrected chi connectivity index (χ4v) is 6.44. The molecule has 0 aromatic heterocycles. The summed E-state index contributed by atoms with van der Waals surface area (Å²) in [5.74, 6) is 0.369. The lowest BCUT2D eigenvalue weighted by molar-refractivity contribution is -0.460. The average molecular weight is 552 g/mol. The van der Waals surface area contributed by atoms with Gasteiger partial charge in [-0.25, -0.2) is 9.34 Å². The van der Waals surface area contributed by atoms with Crippen LogP contribution in [0.1, 0.15) is 55.4 Å². The minimum atomic E-state index is -2.98. The zero-order chi connectivity index (χ0) is 27.8. The number of nitrogens with zero attached hydrogens (tertiary/aromatic N) is 4. The first-order chi connectivity index (χ1) is 16.6. The normalized spacial score (nSPS) is 13.3. The fraction of sp³-hybridized carbons (Fsp3) is 0.750. The maximum atomic E-state index is 6.47. The largest absolute Gasteiger partial charge is 0.399 e. The lowest BCUT2D eigenvalue weighted by Crippen LogP contribution is -2.59. The third-order valence-corrected chi connectivity index (χ3v) is 8.35. The SMILES string of the molecule is CC(C)OCN(C(OC(C)C)(OC(C)C)OC(C)C)P(=NOc1ccc(N)cc1Cl)(N(C)C)N(C)C. The van der Waals surface area contributed by atoms with Crippen LogP contribution in [-0.2, 0) is 18.9 Å². The van der Waals surface area contributed by atoms with Crippen molar-refractivity contribution in [3.05, 3.63) is 23.2 Å². The van der Waals surface area contributed by atoms with Crippen molar-refractivity contribution < 1.29 is 23.8 Å². The number of hydrogen-bond acceptors (Lipinski definition) is 7. The molecule has 0 aliphatic heterocycles. The minimum absolute atomic E-state index is 0.0797. The Morgan fingerprint density at radius 2 is 1.33 bits per heavy atom. The summed E-state index contributed by atoms with van der Waals surface area (Å²) >= 11 is 6.40. The maximum Gasteiger partial charge on any atom is 0.362 e. The van der Waals surface area contributed by atoms with E-state index in [1.165, 1.54) is 0 Å². The van der Waals surface area contributed by atoms with E-state index in [9.17, 15) is 0 Å². The molecule has 0 aliphatic rings. The zero-order valence-electron chi connectivity index (χ0n) is 24.0. The van der Waals surface area contributed by atoms with Gasteiger partial charge >= 0.3 is 6.10 Å². The van der Waals surface area contributed by atoms with Crippen molar-refractivity contribution in [2.45, 2.75) is 85.9 Å². The van der Waals surface area contributed by atoms with E-state index in [1.54, 1.807) is 18.2 Å². The second kappa shape index (κ2) is 14.3. The molecule has 0 radical (unpaired) electrons. The Kier molecular flexibility index (Phi) is 13.1. The first-order valence-corrected chi connectivity index (χ1v) is 14.2. The highest BCUT2D eigenvalue weighted by atomic mass is 35.5. The molecule has 0 heterocycles. The van der Waals surface area contributed by atoms with Gasteiger partial charge in [-0.2, -0.15) is 0 Å². The standard InChI is InChI=1S/C24H47ClN5O5P/c1-17(2)31-16-30(24(32-18(3)4,33-19(5)6)34-20(7)8)36(28(9)10,29(11)12)27-35-23-14-13-21(26)15-22(23)25/h13-15,17-20H,16,26H2,1-12H3. The Bertz CT molecular complexity index is 829. The van der Waals surface area contributed by atoms with Crippen LogP contribution in [0.4, 0.5) is 5.69 Å². The summed E-state index contributed by atoms with van der Waals surface area (Å²) in [6, 6.07) is 5.01. The van der Waals surface area contributed by atoms with E-state index in [4.69, 9.17) is 46.0 Å². The molecule has 12 heteroatoms. The molecular weight excluding hydrogens is 505 g/mol. The van der Waals surface area contributed by atoms with Crippen LogP contribution in [0.15, 0.2) is 23.1 Å². The van der Waals surface area contributed by atoms with Crippen LogP contribution >= 0.6 is 19.1 Å². The van der Waals surface area contributed by atoms with Gasteiger partial charge in [0.1, 0.15) is 6.73 Å². The molecule has 10 nitrogen and oxygen atoms in total. The van der Waals surface area contributed by atoms with Crippen molar-refractivity contribution in [1.82, 2.24) is 14.0 Å². The van der Waals surface area contributed by atoms with E-state index in [0.29, 0.717) is 16.5 Å². The number of halogens is 1. The third-order valence-electron chi connectivity index (χ3n) is 4.60. The number of nitrogen functional groups attached to an aromatic ring is 1. The molecule has 0 spiro atoms. The number of ether oxygens (including phenoxy) is 4.